The Labute approximate surface area is 144 Å². The van der Waals surface area contributed by atoms with E-state index in [1.807, 2.05) is 0 Å². The van der Waals surface area contributed by atoms with Crippen LogP contribution < -0.4 is 9.47 Å². The largest absolute Gasteiger partial charge is 0.488 e. The van der Waals surface area contributed by atoms with E-state index in [4.69, 9.17) is 21.1 Å². The van der Waals surface area contributed by atoms with E-state index in [-0.39, 0.29) is 30.3 Å². The lowest BCUT2D eigenvalue weighted by Crippen LogP contribution is -2.08. The molecule has 0 heterocycles. The second-order valence-corrected chi connectivity index (χ2v) is 5.57. The van der Waals surface area contributed by atoms with Crippen LogP contribution in [0.2, 0.25) is 5.02 Å². The molecule has 0 radical (unpaired) electrons. The Balaban J connectivity index is 2.23. The van der Waals surface area contributed by atoms with Gasteiger partial charge in [-0.15, -0.1) is 0 Å². The van der Waals surface area contributed by atoms with Crippen molar-refractivity contribution in [1.82, 2.24) is 0 Å². The molecule has 0 bridgehead atoms. The van der Waals surface area contributed by atoms with Crippen LogP contribution in [0.15, 0.2) is 36.4 Å². The zero-order valence-corrected chi connectivity index (χ0v) is 14.1. The zero-order chi connectivity index (χ0) is 17.7. The van der Waals surface area contributed by atoms with Crippen LogP contribution in [0.5, 0.6) is 11.5 Å². The van der Waals surface area contributed by atoms with Gasteiger partial charge in [0.25, 0.3) is 6.43 Å². The van der Waals surface area contributed by atoms with Crippen LogP contribution in [-0.2, 0) is 11.4 Å². The number of halogens is 3. The number of aryl methyl sites for hydroxylation is 1. The van der Waals surface area contributed by atoms with Gasteiger partial charge in [-0.1, -0.05) is 36.7 Å². The average Bonchev–Trinajstić information content (AvgIpc) is 2.56. The number of para-hydroxylation sites is 1. The topological polar surface area (TPSA) is 35.5 Å². The van der Waals surface area contributed by atoms with E-state index >= 15 is 0 Å². The Bertz CT molecular complexity index is 732. The van der Waals surface area contributed by atoms with E-state index < -0.39 is 6.43 Å². The predicted octanol–water partition coefficient (Wildman–Crippen LogP) is 5.48. The van der Waals surface area contributed by atoms with E-state index in [0.717, 1.165) is 0 Å². The Kier molecular flexibility index (Phi) is 6.15. The molecule has 2 aromatic carbocycles. The van der Waals surface area contributed by atoms with Gasteiger partial charge in [0.15, 0.2) is 0 Å². The zero-order valence-electron chi connectivity index (χ0n) is 13.3. The SMILES string of the molecule is CCC(=O)Oc1ccccc1COc1cc(Cl)c(C)cc1C(F)F. The van der Waals surface area contributed by atoms with Crippen molar-refractivity contribution in [3.05, 3.63) is 58.1 Å². The number of esters is 1. The molecule has 0 saturated carbocycles. The minimum atomic E-state index is -2.68. The van der Waals surface area contributed by atoms with Gasteiger partial charge in [0.2, 0.25) is 0 Å². The predicted molar refractivity (Wildman–Crippen MR) is 87.8 cm³/mol. The van der Waals surface area contributed by atoms with Crippen molar-refractivity contribution in [2.75, 3.05) is 0 Å². The molecule has 0 aliphatic carbocycles. The van der Waals surface area contributed by atoms with Crippen molar-refractivity contribution in [3.63, 3.8) is 0 Å². The van der Waals surface area contributed by atoms with Crippen LogP contribution in [0.3, 0.4) is 0 Å². The van der Waals surface area contributed by atoms with Gasteiger partial charge >= 0.3 is 5.97 Å². The van der Waals surface area contributed by atoms with Crippen LogP contribution in [0, 0.1) is 6.92 Å². The summed E-state index contributed by atoms with van der Waals surface area (Å²) in [5.74, 6) is -0.0209. The first-order valence-corrected chi connectivity index (χ1v) is 7.79. The van der Waals surface area contributed by atoms with Gasteiger partial charge in [-0.2, -0.15) is 0 Å². The van der Waals surface area contributed by atoms with E-state index in [1.54, 1.807) is 38.1 Å². The molecule has 0 N–H and O–H groups in total. The third kappa shape index (κ3) is 4.45. The molecule has 0 saturated heterocycles. The number of ether oxygens (including phenoxy) is 2. The number of benzene rings is 2. The summed E-state index contributed by atoms with van der Waals surface area (Å²) in [5, 5.41) is 0.347. The van der Waals surface area contributed by atoms with Crippen LogP contribution in [0.4, 0.5) is 8.78 Å². The minimum Gasteiger partial charge on any atom is -0.488 e. The fourth-order valence-electron chi connectivity index (χ4n) is 2.05. The minimum absolute atomic E-state index is 0.0113. The van der Waals surface area contributed by atoms with Crippen molar-refractivity contribution in [1.29, 1.82) is 0 Å². The smallest absolute Gasteiger partial charge is 0.310 e. The molecule has 2 aromatic rings. The van der Waals surface area contributed by atoms with Gasteiger partial charge in [-0.25, -0.2) is 8.78 Å². The maximum Gasteiger partial charge on any atom is 0.310 e. The van der Waals surface area contributed by atoms with Crippen molar-refractivity contribution in [2.45, 2.75) is 33.3 Å². The molecule has 0 unspecified atom stereocenters. The lowest BCUT2D eigenvalue weighted by molar-refractivity contribution is -0.134. The molecule has 128 valence electrons. The Morgan fingerprint density at radius 1 is 1.21 bits per heavy atom. The molecule has 3 nitrogen and oxygen atoms in total. The number of hydrogen-bond donors (Lipinski definition) is 0. The van der Waals surface area contributed by atoms with Crippen LogP contribution >= 0.6 is 11.6 Å². The highest BCUT2D eigenvalue weighted by atomic mass is 35.5. The van der Waals surface area contributed by atoms with Crippen molar-refractivity contribution in [3.8, 4) is 11.5 Å². The normalized spacial score (nSPS) is 10.8. The molecule has 0 aliphatic heterocycles. The van der Waals surface area contributed by atoms with Gasteiger partial charge in [-0.3, -0.25) is 4.79 Å². The second-order valence-electron chi connectivity index (χ2n) is 5.16. The maximum absolute atomic E-state index is 13.2. The Morgan fingerprint density at radius 3 is 2.58 bits per heavy atom. The van der Waals surface area contributed by atoms with E-state index in [2.05, 4.69) is 0 Å². The first-order chi connectivity index (χ1) is 11.4. The molecule has 0 aliphatic rings. The quantitative estimate of drug-likeness (QED) is 0.509. The highest BCUT2D eigenvalue weighted by molar-refractivity contribution is 6.31. The summed E-state index contributed by atoms with van der Waals surface area (Å²) in [6.07, 6.45) is -2.44. The molecule has 6 heteroatoms. The number of alkyl halides is 2. The molecule has 0 atom stereocenters. The first kappa shape index (κ1) is 18.2. The van der Waals surface area contributed by atoms with E-state index in [1.165, 1.54) is 12.1 Å². The summed E-state index contributed by atoms with van der Waals surface area (Å²) in [5.41, 5.74) is 0.910. The summed E-state index contributed by atoms with van der Waals surface area (Å²) < 4.78 is 37.1. The number of rotatable bonds is 6. The fourth-order valence-corrected chi connectivity index (χ4v) is 2.21. The third-order valence-electron chi connectivity index (χ3n) is 3.39. The Morgan fingerprint density at radius 2 is 1.92 bits per heavy atom. The highest BCUT2D eigenvalue weighted by Crippen LogP contribution is 2.34. The van der Waals surface area contributed by atoms with Crippen molar-refractivity contribution >= 4 is 17.6 Å². The summed E-state index contributed by atoms with van der Waals surface area (Å²) >= 11 is 6.00. The number of hydrogen-bond acceptors (Lipinski definition) is 3. The lowest BCUT2D eigenvalue weighted by atomic mass is 10.1. The van der Waals surface area contributed by atoms with Crippen LogP contribution in [0.25, 0.3) is 0 Å². The first-order valence-electron chi connectivity index (χ1n) is 7.42. The van der Waals surface area contributed by atoms with E-state index in [0.29, 0.717) is 21.9 Å². The molecular formula is C18H17ClF2O3. The van der Waals surface area contributed by atoms with Crippen LogP contribution in [-0.4, -0.2) is 5.97 Å². The van der Waals surface area contributed by atoms with Crippen molar-refractivity contribution in [2.24, 2.45) is 0 Å². The molecule has 0 spiro atoms. The molecule has 0 fully saturated rings. The highest BCUT2D eigenvalue weighted by Gasteiger charge is 2.17. The molecule has 0 amide bonds. The summed E-state index contributed by atoms with van der Waals surface area (Å²) in [4.78, 5) is 11.5. The van der Waals surface area contributed by atoms with Gasteiger partial charge in [0.05, 0.1) is 5.56 Å². The Hall–Kier alpha value is -2.14. The average molecular weight is 355 g/mol. The standard InChI is InChI=1S/C18H17ClF2O3/c1-3-17(22)24-15-7-5-4-6-12(15)10-23-16-9-14(19)11(2)8-13(16)18(20)21/h4-9,18H,3,10H2,1-2H3. The summed E-state index contributed by atoms with van der Waals surface area (Å²) in [6, 6.07) is 9.48. The summed E-state index contributed by atoms with van der Waals surface area (Å²) in [7, 11) is 0. The molecule has 0 aromatic heterocycles. The lowest BCUT2D eigenvalue weighted by Gasteiger charge is -2.15. The maximum atomic E-state index is 13.2. The molecule has 2 rings (SSSR count). The fraction of sp³-hybridized carbons (Fsp3) is 0.278. The van der Waals surface area contributed by atoms with Gasteiger partial charge in [0.1, 0.15) is 18.1 Å². The number of carbonyl (C=O) groups excluding carboxylic acids is 1. The van der Waals surface area contributed by atoms with Crippen LogP contribution in [0.1, 0.15) is 36.5 Å². The monoisotopic (exact) mass is 354 g/mol. The van der Waals surface area contributed by atoms with Gasteiger partial charge in [0, 0.05) is 17.0 Å². The summed E-state index contributed by atoms with van der Waals surface area (Å²) in [6.45, 7) is 3.31. The third-order valence-corrected chi connectivity index (χ3v) is 3.80. The molecule has 24 heavy (non-hydrogen) atoms. The second kappa shape index (κ2) is 8.11. The van der Waals surface area contributed by atoms with Crippen molar-refractivity contribution < 1.29 is 23.0 Å². The molecular weight excluding hydrogens is 338 g/mol. The van der Waals surface area contributed by atoms with Gasteiger partial charge < -0.3 is 9.47 Å². The van der Waals surface area contributed by atoms with Gasteiger partial charge in [-0.05, 0) is 30.7 Å². The number of carbonyl (C=O) groups is 1. The van der Waals surface area contributed by atoms with E-state index in [9.17, 15) is 13.6 Å².